The first kappa shape index (κ1) is 65.5. The number of hydrogen-bond donors (Lipinski definition) is 4. The van der Waals surface area contributed by atoms with E-state index < -0.39 is 62.4 Å². The van der Waals surface area contributed by atoms with Crippen molar-refractivity contribution in [2.75, 3.05) is 53.3 Å². The van der Waals surface area contributed by atoms with E-state index in [9.17, 15) is 28.9 Å². The number of unbranched alkanes of at least 4 members (excludes halogenated alkanes) is 18. The Morgan fingerprint density at radius 3 is 1.82 bits per heavy atom. The molecule has 15 heteroatoms. The molecular formula is C53H96N2O11PS+. The molecule has 0 bridgehead atoms. The van der Waals surface area contributed by atoms with Crippen molar-refractivity contribution in [1.29, 1.82) is 0 Å². The summed E-state index contributed by atoms with van der Waals surface area (Å²) in [6.45, 7) is 3.81. The Labute approximate surface area is 417 Å². The van der Waals surface area contributed by atoms with Gasteiger partial charge in [-0.3, -0.25) is 23.4 Å². The summed E-state index contributed by atoms with van der Waals surface area (Å²) in [4.78, 5) is 47.4. The smallest absolute Gasteiger partial charge is 0.472 e. The van der Waals surface area contributed by atoms with Crippen molar-refractivity contribution in [2.45, 2.75) is 204 Å². The number of phosphoric acid groups is 1. The van der Waals surface area contributed by atoms with Gasteiger partial charge in [0.1, 0.15) is 25.8 Å². The SMILES string of the molecule is CCCCC/C=C\C\C=C/C=C/C=C/[C@@H](SC[C@H](N)C(=O)O[C@H](COC(=O)CCCCCCCCCCC/C=C\CCCCCCCC)COP(=O)(O)OCC[N+](C)(C)C)[C@@H](O)CCCC(=O)O. The molecule has 0 rings (SSSR count). The Hall–Kier alpha value is -2.55. The molecule has 0 aliphatic rings. The van der Waals surface area contributed by atoms with E-state index >= 15 is 0 Å². The number of nitrogens with two attached hydrogens (primary N) is 1. The molecule has 0 saturated carbocycles. The molecule has 0 aromatic heterocycles. The lowest BCUT2D eigenvalue weighted by Gasteiger charge is -2.25. The Bertz CT molecular complexity index is 1470. The van der Waals surface area contributed by atoms with Crippen LogP contribution in [0.5, 0.6) is 0 Å². The van der Waals surface area contributed by atoms with Gasteiger partial charge in [-0.15, -0.1) is 11.8 Å². The number of carboxylic acids is 1. The molecule has 1 unspecified atom stereocenters. The predicted octanol–water partition coefficient (Wildman–Crippen LogP) is 12.1. The third-order valence-corrected chi connectivity index (χ3v) is 13.4. The first-order chi connectivity index (χ1) is 32.6. The molecule has 0 fully saturated rings. The van der Waals surface area contributed by atoms with Gasteiger partial charge in [-0.25, -0.2) is 4.57 Å². The van der Waals surface area contributed by atoms with Crippen LogP contribution in [0.4, 0.5) is 0 Å². The van der Waals surface area contributed by atoms with Crippen LogP contribution in [0.3, 0.4) is 0 Å². The summed E-state index contributed by atoms with van der Waals surface area (Å²) >= 11 is 1.21. The molecule has 394 valence electrons. The third kappa shape index (κ3) is 44.6. The number of thioether (sulfide) groups is 1. The molecule has 0 aromatic carbocycles. The van der Waals surface area contributed by atoms with Gasteiger partial charge in [0.25, 0.3) is 0 Å². The Balaban J connectivity index is 5.10. The number of aliphatic carboxylic acids is 1. The number of phosphoric ester groups is 1. The molecule has 5 atom stereocenters. The zero-order valence-corrected chi connectivity index (χ0v) is 44.7. The van der Waals surface area contributed by atoms with E-state index in [2.05, 4.69) is 38.2 Å². The molecule has 0 aromatic rings. The summed E-state index contributed by atoms with van der Waals surface area (Å²) in [5.74, 6) is -2.27. The predicted molar refractivity (Wildman–Crippen MR) is 280 cm³/mol. The van der Waals surface area contributed by atoms with Gasteiger partial charge in [0.05, 0.1) is 33.9 Å². The summed E-state index contributed by atoms with van der Waals surface area (Å²) in [5.41, 5.74) is 6.26. The maximum Gasteiger partial charge on any atom is 0.472 e. The number of likely N-dealkylation sites (N-methyl/N-ethyl adjacent to an activating group) is 1. The maximum absolute atomic E-state index is 13.3. The lowest BCUT2D eigenvalue weighted by molar-refractivity contribution is -0.870. The number of rotatable bonds is 47. The number of ether oxygens (including phenoxy) is 2. The average molecular weight is 1000 g/mol. The number of carbonyl (C=O) groups is 3. The van der Waals surface area contributed by atoms with Crippen molar-refractivity contribution < 1.29 is 57.1 Å². The summed E-state index contributed by atoms with van der Waals surface area (Å²) in [5, 5.41) is 19.5. The second-order valence-electron chi connectivity index (χ2n) is 18.8. The first-order valence-corrected chi connectivity index (χ1v) is 28.5. The van der Waals surface area contributed by atoms with Crippen LogP contribution in [0.1, 0.15) is 181 Å². The number of carboxylic acid groups (broad SMARTS) is 1. The number of esters is 2. The number of quaternary nitrogens is 1. The number of carbonyl (C=O) groups excluding carboxylic acids is 2. The monoisotopic (exact) mass is 1000 g/mol. The molecular weight excluding hydrogens is 904 g/mol. The van der Waals surface area contributed by atoms with Crippen LogP contribution in [-0.4, -0.2) is 114 Å². The van der Waals surface area contributed by atoms with Gasteiger partial charge in [-0.2, -0.15) is 0 Å². The van der Waals surface area contributed by atoms with Gasteiger partial charge in [-0.1, -0.05) is 164 Å². The fourth-order valence-corrected chi connectivity index (χ4v) is 8.65. The van der Waals surface area contributed by atoms with Crippen molar-refractivity contribution in [3.05, 3.63) is 60.8 Å². The fourth-order valence-electron chi connectivity index (χ4n) is 6.79. The van der Waals surface area contributed by atoms with Crippen molar-refractivity contribution in [2.24, 2.45) is 5.73 Å². The van der Waals surface area contributed by atoms with Crippen molar-refractivity contribution in [3.8, 4) is 0 Å². The van der Waals surface area contributed by atoms with Crippen LogP contribution in [0, 0.1) is 0 Å². The van der Waals surface area contributed by atoms with Crippen LogP contribution in [-0.2, 0) is 37.5 Å². The molecule has 68 heavy (non-hydrogen) atoms. The number of aliphatic hydroxyl groups excluding tert-OH is 1. The minimum Gasteiger partial charge on any atom is -0.481 e. The minimum atomic E-state index is -4.54. The normalized spacial score (nSPS) is 15.2. The van der Waals surface area contributed by atoms with Gasteiger partial charge in [-0.05, 0) is 64.2 Å². The highest BCUT2D eigenvalue weighted by Crippen LogP contribution is 2.43. The van der Waals surface area contributed by atoms with E-state index in [0.29, 0.717) is 17.4 Å². The highest BCUT2D eigenvalue weighted by Gasteiger charge is 2.29. The zero-order valence-electron chi connectivity index (χ0n) is 43.0. The van der Waals surface area contributed by atoms with Crippen molar-refractivity contribution in [1.82, 2.24) is 0 Å². The number of nitrogens with zero attached hydrogens (tertiary/aromatic N) is 1. The lowest BCUT2D eigenvalue weighted by atomic mass is 10.1. The van der Waals surface area contributed by atoms with Crippen LogP contribution in [0.25, 0.3) is 0 Å². The molecule has 0 radical (unpaired) electrons. The quantitative estimate of drug-likeness (QED) is 0.0113. The molecule has 13 nitrogen and oxygen atoms in total. The highest BCUT2D eigenvalue weighted by atomic mass is 32.2. The minimum absolute atomic E-state index is 0.0229. The summed E-state index contributed by atoms with van der Waals surface area (Å²) in [7, 11) is 1.17. The number of allylic oxidation sites excluding steroid dienone is 9. The molecule has 0 aliphatic carbocycles. The molecule has 0 heterocycles. The summed E-state index contributed by atoms with van der Waals surface area (Å²) < 4.78 is 34.5. The topological polar surface area (TPSA) is 192 Å². The summed E-state index contributed by atoms with van der Waals surface area (Å²) in [6, 6.07) is -1.18. The van der Waals surface area contributed by atoms with Gasteiger partial charge in [0.15, 0.2) is 6.10 Å². The van der Waals surface area contributed by atoms with Gasteiger partial charge in [0.2, 0.25) is 0 Å². The largest absolute Gasteiger partial charge is 0.481 e. The average Bonchev–Trinajstić information content (AvgIpc) is 3.28. The van der Waals surface area contributed by atoms with E-state index in [1.54, 1.807) is 12.2 Å². The second kappa shape index (κ2) is 44.4. The Morgan fingerprint density at radius 2 is 1.22 bits per heavy atom. The van der Waals surface area contributed by atoms with E-state index in [0.717, 1.165) is 32.1 Å². The molecule has 0 amide bonds. The summed E-state index contributed by atoms with van der Waals surface area (Å²) in [6.07, 6.45) is 44.5. The first-order valence-electron chi connectivity index (χ1n) is 26.0. The van der Waals surface area contributed by atoms with E-state index in [-0.39, 0.29) is 38.0 Å². The lowest BCUT2D eigenvalue weighted by Crippen LogP contribution is -2.40. The molecule has 0 saturated heterocycles. The number of hydrogen-bond acceptors (Lipinski definition) is 11. The van der Waals surface area contributed by atoms with Crippen LogP contribution < -0.4 is 5.73 Å². The Kier molecular flexibility index (Phi) is 42.7. The van der Waals surface area contributed by atoms with Crippen LogP contribution in [0.15, 0.2) is 60.8 Å². The van der Waals surface area contributed by atoms with E-state index in [1.807, 2.05) is 45.4 Å². The van der Waals surface area contributed by atoms with Crippen molar-refractivity contribution in [3.63, 3.8) is 0 Å². The molecule has 0 aliphatic heterocycles. The van der Waals surface area contributed by atoms with E-state index in [4.69, 9.17) is 29.4 Å². The maximum atomic E-state index is 13.3. The second-order valence-corrected chi connectivity index (χ2v) is 21.4. The fraction of sp³-hybridized carbons (Fsp3) is 0.755. The van der Waals surface area contributed by atoms with Gasteiger partial charge < -0.3 is 34.8 Å². The Morgan fingerprint density at radius 1 is 0.676 bits per heavy atom. The van der Waals surface area contributed by atoms with Gasteiger partial charge >= 0.3 is 25.7 Å². The van der Waals surface area contributed by atoms with Crippen LogP contribution >= 0.6 is 19.6 Å². The standard InChI is InChI=1S/C53H95N2O11PS/c1-6-8-10-12-14-16-18-20-21-22-23-24-25-26-28-30-32-34-36-41-52(59)63-44-47(45-65-67(61,62)64-43-42-55(3,4)5)66-53(60)48(54)46-68-50(49(56)38-37-40-51(57)58)39-35-33-31-29-27-19-17-15-13-11-9-7-2/h15,17,20-21,27,29,31,33,35,39,47-50,56H,6-14,16,18-19,22-26,28,30,32,34,36-38,40-46,54H2,1-5H3,(H-,57,58,61,62)/p+1/b17-15-,21-20-,29-27-,33-31+,39-35+/t47-,48+,49+,50-/m1/s1. The zero-order chi connectivity index (χ0) is 50.6. The third-order valence-electron chi connectivity index (χ3n) is 11.0. The van der Waals surface area contributed by atoms with Crippen molar-refractivity contribution >= 4 is 37.5 Å². The molecule has 5 N–H and O–H groups in total. The van der Waals surface area contributed by atoms with Gasteiger partial charge in [0, 0.05) is 23.8 Å². The van der Waals surface area contributed by atoms with Crippen LogP contribution in [0.2, 0.25) is 0 Å². The number of aliphatic hydroxyl groups is 1. The van der Waals surface area contributed by atoms with E-state index in [1.165, 1.54) is 114 Å². The highest BCUT2D eigenvalue weighted by molar-refractivity contribution is 8.00. The molecule has 0 spiro atoms.